The maximum absolute atomic E-state index is 12.3. The summed E-state index contributed by atoms with van der Waals surface area (Å²) in [4.78, 5) is 3.84. The standard InChI is InChI=1S/C7H5BF3N2.K/c9-8(10,11)6-1-2-7-12-3-4-13(7)5-6;/h1-5H;/q-1;+1. The molecule has 0 N–H and O–H groups in total. The van der Waals surface area contributed by atoms with E-state index in [2.05, 4.69) is 4.98 Å². The molecule has 0 saturated carbocycles. The molecule has 0 aliphatic carbocycles. The van der Waals surface area contributed by atoms with E-state index in [4.69, 9.17) is 0 Å². The van der Waals surface area contributed by atoms with Crippen molar-refractivity contribution >= 4 is 18.1 Å². The molecular formula is C7H5BF3KN2. The largest absolute Gasteiger partial charge is 1.00 e. The van der Waals surface area contributed by atoms with E-state index in [9.17, 15) is 12.9 Å². The Morgan fingerprint density at radius 2 is 1.93 bits per heavy atom. The molecule has 0 aliphatic heterocycles. The van der Waals surface area contributed by atoms with Crippen LogP contribution in [0.1, 0.15) is 0 Å². The van der Waals surface area contributed by atoms with Gasteiger partial charge in [-0.2, -0.15) is 0 Å². The van der Waals surface area contributed by atoms with Crippen LogP contribution in [-0.2, 0) is 0 Å². The van der Waals surface area contributed by atoms with Crippen LogP contribution in [0.15, 0.2) is 30.7 Å². The first kappa shape index (κ1) is 12.3. The van der Waals surface area contributed by atoms with Crippen molar-refractivity contribution in [3.05, 3.63) is 30.7 Å². The summed E-state index contributed by atoms with van der Waals surface area (Å²) in [6, 6.07) is 2.40. The Balaban J connectivity index is 0.000000980. The van der Waals surface area contributed by atoms with Crippen molar-refractivity contribution in [2.75, 3.05) is 0 Å². The van der Waals surface area contributed by atoms with Crippen molar-refractivity contribution in [3.8, 4) is 0 Å². The maximum Gasteiger partial charge on any atom is 1.00 e. The van der Waals surface area contributed by atoms with E-state index < -0.39 is 12.4 Å². The molecule has 0 unspecified atom stereocenters. The van der Waals surface area contributed by atoms with Crippen LogP contribution in [0.2, 0.25) is 0 Å². The molecule has 0 radical (unpaired) electrons. The van der Waals surface area contributed by atoms with Gasteiger partial charge in [0, 0.05) is 12.4 Å². The van der Waals surface area contributed by atoms with Crippen LogP contribution in [0, 0.1) is 0 Å². The van der Waals surface area contributed by atoms with Gasteiger partial charge in [0.1, 0.15) is 5.65 Å². The molecule has 2 aromatic heterocycles. The molecule has 0 amide bonds. The first-order chi connectivity index (χ1) is 6.07. The zero-order valence-corrected chi connectivity index (χ0v) is 10.6. The fraction of sp³-hybridized carbons (Fsp3) is 0. The quantitative estimate of drug-likeness (QED) is 0.533. The molecule has 0 saturated heterocycles. The van der Waals surface area contributed by atoms with Gasteiger partial charge in [-0.25, -0.2) is 4.98 Å². The molecule has 2 aromatic rings. The van der Waals surface area contributed by atoms with Gasteiger partial charge in [-0.3, -0.25) is 0 Å². The van der Waals surface area contributed by atoms with Gasteiger partial charge >= 0.3 is 58.4 Å². The molecule has 2 rings (SSSR count). The minimum absolute atomic E-state index is 0. The molecule has 0 fully saturated rings. The van der Waals surface area contributed by atoms with E-state index in [0.29, 0.717) is 5.65 Å². The predicted octanol–water partition coefficient (Wildman–Crippen LogP) is -1.61. The summed E-state index contributed by atoms with van der Waals surface area (Å²) in [6.45, 7) is -4.91. The van der Waals surface area contributed by atoms with Crippen molar-refractivity contribution in [2.45, 2.75) is 0 Å². The van der Waals surface area contributed by atoms with Crippen molar-refractivity contribution in [2.24, 2.45) is 0 Å². The van der Waals surface area contributed by atoms with Crippen LogP contribution >= 0.6 is 0 Å². The molecule has 0 spiro atoms. The van der Waals surface area contributed by atoms with Crippen molar-refractivity contribution < 1.29 is 64.3 Å². The number of fused-ring (bicyclic) bond motifs is 1. The van der Waals surface area contributed by atoms with Gasteiger partial charge in [0.15, 0.2) is 0 Å². The van der Waals surface area contributed by atoms with Gasteiger partial charge in [-0.15, -0.1) is 0 Å². The number of nitrogens with zero attached hydrogens (tertiary/aromatic N) is 2. The van der Waals surface area contributed by atoms with E-state index in [0.717, 1.165) is 12.3 Å². The fourth-order valence-corrected chi connectivity index (χ4v) is 1.13. The number of hydrogen-bond donors (Lipinski definition) is 0. The monoisotopic (exact) mass is 224 g/mol. The predicted molar refractivity (Wildman–Crippen MR) is 43.9 cm³/mol. The summed E-state index contributed by atoms with van der Waals surface area (Å²) in [5.74, 6) is 0. The third kappa shape index (κ3) is 2.40. The Kier molecular flexibility index (Phi) is 3.82. The molecule has 68 valence electrons. The molecule has 0 atom stereocenters. The Labute approximate surface area is 121 Å². The molecule has 7 heteroatoms. The van der Waals surface area contributed by atoms with Crippen LogP contribution < -0.4 is 56.8 Å². The Morgan fingerprint density at radius 3 is 2.57 bits per heavy atom. The minimum Gasteiger partial charge on any atom is -0.445 e. The average Bonchev–Trinajstić information content (AvgIpc) is 2.47. The van der Waals surface area contributed by atoms with Crippen LogP contribution in [0.5, 0.6) is 0 Å². The summed E-state index contributed by atoms with van der Waals surface area (Å²) in [5, 5.41) is 0. The maximum atomic E-state index is 12.3. The van der Waals surface area contributed by atoms with Crippen molar-refractivity contribution in [1.29, 1.82) is 0 Å². The number of rotatable bonds is 1. The third-order valence-electron chi connectivity index (χ3n) is 1.79. The molecule has 14 heavy (non-hydrogen) atoms. The molecule has 2 heterocycles. The molecule has 2 nitrogen and oxygen atoms in total. The Bertz CT molecular complexity index is 440. The van der Waals surface area contributed by atoms with Crippen molar-refractivity contribution in [3.63, 3.8) is 0 Å². The smallest absolute Gasteiger partial charge is 0.445 e. The average molecular weight is 224 g/mol. The zero-order valence-electron chi connectivity index (χ0n) is 7.49. The van der Waals surface area contributed by atoms with Gasteiger partial charge in [0.2, 0.25) is 0 Å². The van der Waals surface area contributed by atoms with Gasteiger partial charge in [0.25, 0.3) is 0 Å². The van der Waals surface area contributed by atoms with Gasteiger partial charge in [0.05, 0.1) is 0 Å². The molecule has 0 aliphatic rings. The second-order valence-electron chi connectivity index (χ2n) is 2.73. The number of imidazole rings is 1. The van der Waals surface area contributed by atoms with Gasteiger partial charge in [-0.05, 0) is 12.3 Å². The van der Waals surface area contributed by atoms with Gasteiger partial charge in [-0.1, -0.05) is 11.5 Å². The van der Waals surface area contributed by atoms with E-state index >= 15 is 0 Å². The normalized spacial score (nSPS) is 11.4. The number of halogens is 3. The first-order valence-electron chi connectivity index (χ1n) is 3.70. The summed E-state index contributed by atoms with van der Waals surface area (Å²) in [6.07, 6.45) is 3.99. The minimum atomic E-state index is -4.91. The summed E-state index contributed by atoms with van der Waals surface area (Å²) >= 11 is 0. The van der Waals surface area contributed by atoms with E-state index in [1.165, 1.54) is 22.9 Å². The molecular weight excluding hydrogens is 219 g/mol. The van der Waals surface area contributed by atoms with Crippen LogP contribution in [0.4, 0.5) is 12.9 Å². The second-order valence-corrected chi connectivity index (χ2v) is 2.73. The number of hydrogen-bond acceptors (Lipinski definition) is 1. The van der Waals surface area contributed by atoms with Crippen molar-refractivity contribution in [1.82, 2.24) is 9.38 Å². The van der Waals surface area contributed by atoms with E-state index in [1.807, 2.05) is 0 Å². The third-order valence-corrected chi connectivity index (χ3v) is 1.79. The van der Waals surface area contributed by atoms with Crippen LogP contribution in [0.25, 0.3) is 5.65 Å². The topological polar surface area (TPSA) is 17.3 Å². The summed E-state index contributed by atoms with van der Waals surface area (Å²) in [7, 11) is 0. The number of pyridine rings is 1. The Hall–Kier alpha value is 0.181. The van der Waals surface area contributed by atoms with E-state index in [1.54, 1.807) is 0 Å². The summed E-state index contributed by atoms with van der Waals surface area (Å²) in [5.41, 5.74) is -0.0886. The summed E-state index contributed by atoms with van der Waals surface area (Å²) < 4.78 is 38.1. The van der Waals surface area contributed by atoms with Crippen LogP contribution in [-0.4, -0.2) is 16.4 Å². The van der Waals surface area contributed by atoms with Crippen LogP contribution in [0.3, 0.4) is 0 Å². The molecule has 0 aromatic carbocycles. The SMILES string of the molecule is F[B-](F)(F)c1ccc2nccn2c1.[K+]. The molecule has 0 bridgehead atoms. The second kappa shape index (κ2) is 4.36. The number of aromatic nitrogens is 2. The zero-order chi connectivity index (χ0) is 9.47. The fourth-order valence-electron chi connectivity index (χ4n) is 1.13. The van der Waals surface area contributed by atoms with E-state index in [-0.39, 0.29) is 51.4 Å². The Morgan fingerprint density at radius 1 is 1.21 bits per heavy atom. The first-order valence-corrected chi connectivity index (χ1v) is 3.70. The van der Waals surface area contributed by atoms with Gasteiger partial charge < -0.3 is 17.3 Å².